The molecule has 3 N–H and O–H groups in total. The number of rotatable bonds is 5. The number of hydrogen-bond acceptors (Lipinski definition) is 6. The molecule has 0 unspecified atom stereocenters. The maximum absolute atomic E-state index is 11.9. The minimum absolute atomic E-state index is 0.269. The van der Waals surface area contributed by atoms with Gasteiger partial charge in [0.15, 0.2) is 0 Å². The molecule has 0 saturated carbocycles. The molecule has 2 aromatic rings. The van der Waals surface area contributed by atoms with E-state index in [9.17, 15) is 4.79 Å². The maximum Gasteiger partial charge on any atom is 0.269 e. The van der Waals surface area contributed by atoms with Gasteiger partial charge in [-0.25, -0.2) is 9.97 Å². The largest absolute Gasteiger partial charge is 0.364 e. The van der Waals surface area contributed by atoms with Crippen LogP contribution >= 0.6 is 0 Å². The lowest BCUT2D eigenvalue weighted by Crippen LogP contribution is -2.45. The number of carbonyl (C=O) groups is 1. The van der Waals surface area contributed by atoms with E-state index in [1.54, 1.807) is 6.20 Å². The van der Waals surface area contributed by atoms with E-state index in [1.807, 2.05) is 0 Å². The third kappa shape index (κ3) is 4.74. The van der Waals surface area contributed by atoms with Gasteiger partial charge < -0.3 is 20.9 Å². The molecule has 0 radical (unpaired) electrons. The van der Waals surface area contributed by atoms with Crippen LogP contribution in [-0.4, -0.2) is 67.1 Å². The monoisotopic (exact) mass is 394 g/mol. The third-order valence-electron chi connectivity index (χ3n) is 6.05. The Balaban J connectivity index is 1.53. The van der Waals surface area contributed by atoms with E-state index in [-0.39, 0.29) is 5.69 Å². The summed E-state index contributed by atoms with van der Waals surface area (Å²) < 4.78 is 0. The number of primary amides is 1. The second-order valence-corrected chi connectivity index (χ2v) is 8.12. The number of nitrogens with one attached hydrogen (secondary N) is 1. The molecule has 29 heavy (non-hydrogen) atoms. The highest BCUT2D eigenvalue weighted by Crippen LogP contribution is 2.26. The van der Waals surface area contributed by atoms with Crippen molar-refractivity contribution in [1.82, 2.24) is 20.2 Å². The molecule has 4 rings (SSSR count). The molecule has 1 aromatic heterocycles. The first-order valence-corrected chi connectivity index (χ1v) is 10.5. The Bertz CT molecular complexity index is 839. The molecular weight excluding hydrogens is 364 g/mol. The second-order valence-electron chi connectivity index (χ2n) is 8.12. The van der Waals surface area contributed by atoms with E-state index in [4.69, 9.17) is 10.7 Å². The van der Waals surface area contributed by atoms with E-state index >= 15 is 0 Å². The van der Waals surface area contributed by atoms with Crippen molar-refractivity contribution in [3.63, 3.8) is 0 Å². The standard InChI is InChI=1S/C22H30N6O/c1-27-10-12-28(13-11-27)20-15-25-21(22(23)29)19(26-20)14-16-2-4-17(5-3-16)18-6-8-24-9-7-18/h2-5,15,18,24H,6-14H2,1H3,(H2,23,29). The van der Waals surface area contributed by atoms with Crippen LogP contribution in [0.25, 0.3) is 0 Å². The zero-order valence-corrected chi connectivity index (χ0v) is 17.1. The van der Waals surface area contributed by atoms with Crippen LogP contribution in [0, 0.1) is 0 Å². The molecule has 1 amide bonds. The number of hydrogen-bond donors (Lipinski definition) is 2. The predicted molar refractivity (Wildman–Crippen MR) is 114 cm³/mol. The molecule has 0 atom stereocenters. The summed E-state index contributed by atoms with van der Waals surface area (Å²) in [7, 11) is 2.12. The summed E-state index contributed by atoms with van der Waals surface area (Å²) in [5.74, 6) is 0.931. The maximum atomic E-state index is 11.9. The third-order valence-corrected chi connectivity index (χ3v) is 6.05. The van der Waals surface area contributed by atoms with Crippen LogP contribution in [0.3, 0.4) is 0 Å². The lowest BCUT2D eigenvalue weighted by atomic mass is 9.89. The fourth-order valence-electron chi connectivity index (χ4n) is 4.19. The number of benzene rings is 1. The Kier molecular flexibility index (Phi) is 6.06. The number of nitrogens with zero attached hydrogens (tertiary/aromatic N) is 4. The molecule has 7 nitrogen and oxygen atoms in total. The van der Waals surface area contributed by atoms with Crippen LogP contribution in [0.5, 0.6) is 0 Å². The zero-order valence-electron chi connectivity index (χ0n) is 17.1. The Labute approximate surface area is 172 Å². The molecule has 3 heterocycles. The Morgan fingerprint density at radius 3 is 2.48 bits per heavy atom. The molecule has 0 aliphatic carbocycles. The van der Waals surface area contributed by atoms with Gasteiger partial charge >= 0.3 is 0 Å². The van der Waals surface area contributed by atoms with Crippen molar-refractivity contribution in [1.29, 1.82) is 0 Å². The summed E-state index contributed by atoms with van der Waals surface area (Å²) in [6, 6.07) is 8.72. The number of piperazine rings is 1. The molecule has 2 aliphatic heterocycles. The van der Waals surface area contributed by atoms with Crippen molar-refractivity contribution in [2.24, 2.45) is 5.73 Å². The summed E-state index contributed by atoms with van der Waals surface area (Å²) in [4.78, 5) is 25.6. The van der Waals surface area contributed by atoms with Gasteiger partial charge in [-0.05, 0) is 50.0 Å². The number of carbonyl (C=O) groups excluding carboxylic acids is 1. The van der Waals surface area contributed by atoms with E-state index in [2.05, 4.69) is 51.4 Å². The van der Waals surface area contributed by atoms with E-state index < -0.39 is 5.91 Å². The van der Waals surface area contributed by atoms with E-state index in [0.717, 1.165) is 50.6 Å². The molecule has 154 valence electrons. The fourth-order valence-corrected chi connectivity index (χ4v) is 4.19. The van der Waals surface area contributed by atoms with Crippen LogP contribution in [0.2, 0.25) is 0 Å². The molecule has 0 bridgehead atoms. The predicted octanol–water partition coefficient (Wildman–Crippen LogP) is 1.39. The van der Waals surface area contributed by atoms with E-state index in [1.165, 1.54) is 18.4 Å². The highest BCUT2D eigenvalue weighted by molar-refractivity contribution is 5.92. The summed E-state index contributed by atoms with van der Waals surface area (Å²) in [5.41, 5.74) is 9.01. The molecule has 2 saturated heterocycles. The molecule has 0 spiro atoms. The highest BCUT2D eigenvalue weighted by atomic mass is 16.1. The van der Waals surface area contributed by atoms with Gasteiger partial charge in [-0.2, -0.15) is 0 Å². The molecule has 2 fully saturated rings. The summed E-state index contributed by atoms with van der Waals surface area (Å²) in [5, 5.41) is 3.41. The minimum atomic E-state index is -0.524. The van der Waals surface area contributed by atoms with Crippen molar-refractivity contribution >= 4 is 11.7 Å². The lowest BCUT2D eigenvalue weighted by Gasteiger charge is -2.33. The normalized spacial score (nSPS) is 18.7. The number of nitrogens with two attached hydrogens (primary N) is 1. The molecule has 1 aromatic carbocycles. The van der Waals surface area contributed by atoms with Gasteiger partial charge in [0.1, 0.15) is 11.5 Å². The molecular formula is C22H30N6O. The molecule has 2 aliphatic rings. The van der Waals surface area contributed by atoms with Gasteiger partial charge in [0.25, 0.3) is 5.91 Å². The highest BCUT2D eigenvalue weighted by Gasteiger charge is 2.20. The first kappa shape index (κ1) is 19.8. The number of amides is 1. The zero-order chi connectivity index (χ0) is 20.2. The minimum Gasteiger partial charge on any atom is -0.364 e. The van der Waals surface area contributed by atoms with E-state index in [0.29, 0.717) is 18.0 Å². The topological polar surface area (TPSA) is 87.4 Å². The Hall–Kier alpha value is -2.51. The van der Waals surface area contributed by atoms with Crippen LogP contribution in [0.15, 0.2) is 30.5 Å². The first-order valence-electron chi connectivity index (χ1n) is 10.5. The van der Waals surface area contributed by atoms with Gasteiger partial charge in [-0.1, -0.05) is 24.3 Å². The van der Waals surface area contributed by atoms with Crippen LogP contribution in [0.1, 0.15) is 46.1 Å². The SMILES string of the molecule is CN1CCN(c2cnc(C(N)=O)c(Cc3ccc(C4CCNCC4)cc3)n2)CC1. The molecule has 7 heteroatoms. The summed E-state index contributed by atoms with van der Waals surface area (Å²) in [6.07, 6.45) is 4.60. The quantitative estimate of drug-likeness (QED) is 0.797. The van der Waals surface area contributed by atoms with Crippen molar-refractivity contribution in [3.05, 3.63) is 53.0 Å². The van der Waals surface area contributed by atoms with Crippen molar-refractivity contribution in [3.8, 4) is 0 Å². The number of aromatic nitrogens is 2. The number of likely N-dealkylation sites (N-methyl/N-ethyl adjacent to an activating group) is 1. The van der Waals surface area contributed by atoms with Crippen molar-refractivity contribution < 1.29 is 4.79 Å². The lowest BCUT2D eigenvalue weighted by molar-refractivity contribution is 0.0994. The first-order chi connectivity index (χ1) is 14.1. The summed E-state index contributed by atoms with van der Waals surface area (Å²) >= 11 is 0. The van der Waals surface area contributed by atoms with Crippen LogP contribution < -0.4 is 16.0 Å². The Morgan fingerprint density at radius 1 is 1.14 bits per heavy atom. The van der Waals surface area contributed by atoms with Crippen LogP contribution in [-0.2, 0) is 6.42 Å². The van der Waals surface area contributed by atoms with Crippen LogP contribution in [0.4, 0.5) is 5.82 Å². The van der Waals surface area contributed by atoms with Crippen molar-refractivity contribution in [2.45, 2.75) is 25.2 Å². The van der Waals surface area contributed by atoms with Gasteiger partial charge in [-0.15, -0.1) is 0 Å². The van der Waals surface area contributed by atoms with Gasteiger partial charge in [0.05, 0.1) is 11.9 Å². The Morgan fingerprint density at radius 2 is 1.83 bits per heavy atom. The fraction of sp³-hybridized carbons (Fsp3) is 0.500. The van der Waals surface area contributed by atoms with Crippen molar-refractivity contribution in [2.75, 3.05) is 51.2 Å². The number of piperidine rings is 1. The number of anilines is 1. The second kappa shape index (κ2) is 8.88. The van der Waals surface area contributed by atoms with Gasteiger partial charge in [0, 0.05) is 32.6 Å². The van der Waals surface area contributed by atoms with Gasteiger partial charge in [0.2, 0.25) is 0 Å². The van der Waals surface area contributed by atoms with Gasteiger partial charge in [-0.3, -0.25) is 4.79 Å². The average Bonchev–Trinajstić information content (AvgIpc) is 2.75. The summed E-state index contributed by atoms with van der Waals surface area (Å²) in [6.45, 7) is 5.97. The average molecular weight is 395 g/mol. The smallest absolute Gasteiger partial charge is 0.269 e.